The van der Waals surface area contributed by atoms with Gasteiger partial charge < -0.3 is 0 Å². The lowest BCUT2D eigenvalue weighted by Gasteiger charge is -2.32. The lowest BCUT2D eigenvalue weighted by Crippen LogP contribution is -2.43. The molecule has 0 aromatic rings. The average Bonchev–Trinajstić information content (AvgIpc) is 2.13. The van der Waals surface area contributed by atoms with Crippen LogP contribution in [0.25, 0.3) is 0 Å². The van der Waals surface area contributed by atoms with E-state index >= 15 is 0 Å². The molecule has 0 heterocycles. The van der Waals surface area contributed by atoms with Crippen molar-refractivity contribution in [3.63, 3.8) is 0 Å². The monoisotopic (exact) mass is 301 g/mol. The Morgan fingerprint density at radius 1 is 1.06 bits per heavy atom. The number of rotatable bonds is 6. The molecule has 0 aliphatic carbocycles. The fraction of sp³-hybridized carbons (Fsp3) is 1.00. The van der Waals surface area contributed by atoms with Gasteiger partial charge in [0.25, 0.3) is 0 Å². The van der Waals surface area contributed by atoms with Crippen molar-refractivity contribution < 1.29 is 22.0 Å². The molecular formula is C10H24NO5PS. The zero-order valence-corrected chi connectivity index (χ0v) is 13.8. The Balaban J connectivity index is 5.22. The van der Waals surface area contributed by atoms with Crippen molar-refractivity contribution in [3.8, 4) is 0 Å². The van der Waals surface area contributed by atoms with Gasteiger partial charge in [0.05, 0.1) is 4.75 Å². The van der Waals surface area contributed by atoms with Gasteiger partial charge in [0.15, 0.2) is 0 Å². The summed E-state index contributed by atoms with van der Waals surface area (Å²) in [5.41, 5.74) is -0.178. The van der Waals surface area contributed by atoms with Crippen molar-refractivity contribution in [1.82, 2.24) is 4.49 Å². The molecule has 0 saturated carbocycles. The summed E-state index contributed by atoms with van der Waals surface area (Å²) < 4.78 is 46.4. The molecule has 0 rings (SSSR count). The van der Waals surface area contributed by atoms with Crippen molar-refractivity contribution in [2.24, 2.45) is 5.41 Å². The van der Waals surface area contributed by atoms with Gasteiger partial charge in [-0.2, -0.15) is 0 Å². The van der Waals surface area contributed by atoms with Crippen molar-refractivity contribution in [2.75, 3.05) is 14.2 Å². The van der Waals surface area contributed by atoms with Gasteiger partial charge in [-0.15, -0.1) is 4.49 Å². The lowest BCUT2D eigenvalue weighted by molar-refractivity contribution is 0.270. The van der Waals surface area contributed by atoms with E-state index in [-0.39, 0.29) is 5.41 Å². The Labute approximate surface area is 110 Å². The second kappa shape index (κ2) is 5.59. The van der Waals surface area contributed by atoms with Crippen LogP contribution < -0.4 is 4.49 Å². The number of sulfonamides is 1. The minimum Gasteiger partial charge on any atom is -0.299 e. The highest BCUT2D eigenvalue weighted by atomic mass is 32.2. The molecule has 0 bridgehead atoms. The van der Waals surface area contributed by atoms with Crippen LogP contribution in [0, 0.1) is 5.41 Å². The third-order valence-electron chi connectivity index (χ3n) is 2.40. The molecule has 0 aromatic carbocycles. The second-order valence-electron chi connectivity index (χ2n) is 5.95. The van der Waals surface area contributed by atoms with Crippen LogP contribution >= 0.6 is 7.75 Å². The van der Waals surface area contributed by atoms with Crippen LogP contribution in [0.5, 0.6) is 0 Å². The van der Waals surface area contributed by atoms with E-state index in [1.165, 1.54) is 0 Å². The fourth-order valence-corrected chi connectivity index (χ4v) is 5.33. The van der Waals surface area contributed by atoms with Gasteiger partial charge in [-0.05, 0) is 25.7 Å². The van der Waals surface area contributed by atoms with E-state index in [1.54, 1.807) is 13.8 Å². The first-order chi connectivity index (χ1) is 7.79. The second-order valence-corrected chi connectivity index (χ2v) is 10.5. The van der Waals surface area contributed by atoms with Gasteiger partial charge in [-0.25, -0.2) is 13.0 Å². The Morgan fingerprint density at radius 2 is 1.44 bits per heavy atom. The van der Waals surface area contributed by atoms with Gasteiger partial charge in [0.1, 0.15) is 0 Å². The predicted molar refractivity (Wildman–Crippen MR) is 71.8 cm³/mol. The normalized spacial score (nSPS) is 14.8. The highest BCUT2D eigenvalue weighted by Crippen LogP contribution is 2.45. The summed E-state index contributed by atoms with van der Waals surface area (Å²) in [7, 11) is -5.38. The summed E-state index contributed by atoms with van der Waals surface area (Å²) >= 11 is 0. The van der Waals surface area contributed by atoms with Crippen LogP contribution in [0.4, 0.5) is 0 Å². The molecule has 0 aliphatic rings. The van der Waals surface area contributed by atoms with Gasteiger partial charge in [-0.1, -0.05) is 20.8 Å². The zero-order chi connectivity index (χ0) is 14.8. The maximum Gasteiger partial charge on any atom is 0.418 e. The minimum absolute atomic E-state index is 0.178. The van der Waals surface area contributed by atoms with Gasteiger partial charge in [0, 0.05) is 14.2 Å². The highest BCUT2D eigenvalue weighted by Gasteiger charge is 2.42. The molecule has 110 valence electrons. The molecule has 0 fully saturated rings. The molecule has 8 heteroatoms. The standard InChI is InChI=1S/C10H24NO5PS/c1-9(2,3)8-10(4,5)18(13,14)11-17(12,15-6)16-7/h8H2,1-7H3,(H,11,12). The molecule has 0 atom stereocenters. The molecule has 0 radical (unpaired) electrons. The molecule has 6 nitrogen and oxygen atoms in total. The third kappa shape index (κ3) is 4.97. The molecule has 0 spiro atoms. The molecule has 0 amide bonds. The molecule has 1 N–H and O–H groups in total. The molecule has 0 aliphatic heterocycles. The molecule has 18 heavy (non-hydrogen) atoms. The van der Waals surface area contributed by atoms with E-state index in [2.05, 4.69) is 9.05 Å². The Morgan fingerprint density at radius 3 is 1.72 bits per heavy atom. The summed E-state index contributed by atoms with van der Waals surface area (Å²) in [6.45, 7) is 8.98. The minimum atomic E-state index is -3.84. The Hall–Kier alpha value is 0.0600. The van der Waals surface area contributed by atoms with Crippen LogP contribution in [-0.2, 0) is 23.6 Å². The topological polar surface area (TPSA) is 81.7 Å². The molecular weight excluding hydrogens is 277 g/mol. The number of hydrogen-bond donors (Lipinski definition) is 1. The summed E-state index contributed by atoms with van der Waals surface area (Å²) in [6.07, 6.45) is 0.406. The highest BCUT2D eigenvalue weighted by molar-refractivity contribution is 7.95. The summed E-state index contributed by atoms with van der Waals surface area (Å²) in [5, 5.41) is 0. The maximum atomic E-state index is 12.2. The summed E-state index contributed by atoms with van der Waals surface area (Å²) in [4.78, 5) is 0. The SMILES string of the molecule is COP(=O)(NS(=O)(=O)C(C)(C)CC(C)(C)C)OC. The largest absolute Gasteiger partial charge is 0.418 e. The van der Waals surface area contributed by atoms with Crippen molar-refractivity contribution in [2.45, 2.75) is 45.8 Å². The van der Waals surface area contributed by atoms with E-state index < -0.39 is 22.5 Å². The fourth-order valence-electron chi connectivity index (χ4n) is 1.79. The van der Waals surface area contributed by atoms with Crippen LogP contribution in [0.2, 0.25) is 0 Å². The first-order valence-electron chi connectivity index (χ1n) is 5.54. The van der Waals surface area contributed by atoms with E-state index in [9.17, 15) is 13.0 Å². The van der Waals surface area contributed by atoms with Gasteiger partial charge in [-0.3, -0.25) is 9.05 Å². The van der Waals surface area contributed by atoms with Gasteiger partial charge >= 0.3 is 7.75 Å². The Bertz CT molecular complexity index is 416. The number of hydrogen-bond acceptors (Lipinski definition) is 5. The molecule has 0 saturated heterocycles. The van der Waals surface area contributed by atoms with Crippen molar-refractivity contribution in [3.05, 3.63) is 0 Å². The summed E-state index contributed by atoms with van der Waals surface area (Å²) in [6, 6.07) is 0. The zero-order valence-electron chi connectivity index (χ0n) is 12.1. The smallest absolute Gasteiger partial charge is 0.299 e. The van der Waals surface area contributed by atoms with E-state index in [0.717, 1.165) is 14.2 Å². The van der Waals surface area contributed by atoms with E-state index in [1.807, 2.05) is 25.3 Å². The Kier molecular flexibility index (Phi) is 5.61. The molecule has 0 unspecified atom stereocenters. The van der Waals surface area contributed by atoms with Crippen LogP contribution in [0.15, 0.2) is 0 Å². The maximum absolute atomic E-state index is 12.2. The van der Waals surface area contributed by atoms with Gasteiger partial charge in [0.2, 0.25) is 10.0 Å². The molecule has 0 aromatic heterocycles. The quantitative estimate of drug-likeness (QED) is 0.762. The van der Waals surface area contributed by atoms with Crippen molar-refractivity contribution in [1.29, 1.82) is 0 Å². The van der Waals surface area contributed by atoms with Crippen LogP contribution in [-0.4, -0.2) is 27.4 Å². The average molecular weight is 301 g/mol. The third-order valence-corrected chi connectivity index (χ3v) is 6.81. The first kappa shape index (κ1) is 18.1. The van der Waals surface area contributed by atoms with Crippen LogP contribution in [0.3, 0.4) is 0 Å². The van der Waals surface area contributed by atoms with Crippen LogP contribution in [0.1, 0.15) is 41.0 Å². The summed E-state index contributed by atoms with van der Waals surface area (Å²) in [5.74, 6) is 0. The lowest BCUT2D eigenvalue weighted by atomic mass is 9.86. The first-order valence-corrected chi connectivity index (χ1v) is 8.56. The predicted octanol–water partition coefficient (Wildman–Crippen LogP) is 2.52. The van der Waals surface area contributed by atoms with E-state index in [0.29, 0.717) is 6.42 Å². The van der Waals surface area contributed by atoms with Crippen molar-refractivity contribution >= 4 is 17.8 Å². The van der Waals surface area contributed by atoms with E-state index in [4.69, 9.17) is 0 Å². The number of nitrogens with one attached hydrogen (secondary N) is 1.